The number of amides is 2. The summed E-state index contributed by atoms with van der Waals surface area (Å²) in [5.41, 5.74) is 5.04. The van der Waals surface area contributed by atoms with Gasteiger partial charge in [-0.15, -0.1) is 0 Å². The monoisotopic (exact) mass is 409 g/mol. The number of nitrogens with one attached hydrogen (secondary N) is 2. The summed E-state index contributed by atoms with van der Waals surface area (Å²) >= 11 is 1.32. The van der Waals surface area contributed by atoms with Gasteiger partial charge in [0.15, 0.2) is 5.82 Å². The molecule has 1 saturated heterocycles. The van der Waals surface area contributed by atoms with E-state index in [1.165, 1.54) is 11.5 Å². The predicted octanol–water partition coefficient (Wildman–Crippen LogP) is 4.32. The molecule has 1 fully saturated rings. The van der Waals surface area contributed by atoms with E-state index in [4.69, 9.17) is 4.74 Å². The van der Waals surface area contributed by atoms with Crippen molar-refractivity contribution in [3.8, 4) is 11.4 Å². The Hall–Kier alpha value is -2.97. The largest absolute Gasteiger partial charge is 0.377 e. The van der Waals surface area contributed by atoms with Gasteiger partial charge in [-0.1, -0.05) is 12.1 Å². The highest BCUT2D eigenvalue weighted by atomic mass is 32.1. The van der Waals surface area contributed by atoms with Crippen LogP contribution in [-0.2, 0) is 11.3 Å². The molecule has 7 nitrogen and oxygen atoms in total. The Morgan fingerprint density at radius 2 is 2.07 bits per heavy atom. The molecule has 1 aliphatic rings. The number of benzene rings is 2. The highest BCUT2D eigenvalue weighted by Gasteiger charge is 2.21. The standard InChI is InChI=1S/C21H23N5O2S/c1-3-28-13-15-5-4-14(2)18(12-15)23-20-24-19(25-29-20)16-6-8-17(9-7-16)26-11-10-22-21(26)27/h4-9,12H,3,10-11,13H2,1-2H3,(H,22,27)(H,23,24,25). The molecule has 2 amide bonds. The van der Waals surface area contributed by atoms with Crippen LogP contribution in [0.2, 0.25) is 0 Å². The summed E-state index contributed by atoms with van der Waals surface area (Å²) in [5, 5.41) is 6.91. The maximum atomic E-state index is 11.8. The average molecular weight is 410 g/mol. The van der Waals surface area contributed by atoms with Crippen LogP contribution in [0, 0.1) is 6.92 Å². The minimum Gasteiger partial charge on any atom is -0.377 e. The van der Waals surface area contributed by atoms with Crippen LogP contribution in [0.4, 0.5) is 21.3 Å². The molecule has 0 atom stereocenters. The maximum Gasteiger partial charge on any atom is 0.321 e. The van der Waals surface area contributed by atoms with Crippen LogP contribution in [0.5, 0.6) is 0 Å². The minimum absolute atomic E-state index is 0.0574. The summed E-state index contributed by atoms with van der Waals surface area (Å²) < 4.78 is 9.98. The molecular weight excluding hydrogens is 386 g/mol. The number of hydrogen-bond donors (Lipinski definition) is 2. The van der Waals surface area contributed by atoms with Gasteiger partial charge in [0.05, 0.1) is 6.61 Å². The van der Waals surface area contributed by atoms with Gasteiger partial charge in [0.25, 0.3) is 0 Å². The van der Waals surface area contributed by atoms with E-state index >= 15 is 0 Å². The molecule has 0 unspecified atom stereocenters. The number of anilines is 3. The summed E-state index contributed by atoms with van der Waals surface area (Å²) in [6.07, 6.45) is 0. The molecule has 8 heteroatoms. The van der Waals surface area contributed by atoms with Crippen molar-refractivity contribution in [2.45, 2.75) is 20.5 Å². The number of urea groups is 1. The first-order valence-electron chi connectivity index (χ1n) is 9.58. The van der Waals surface area contributed by atoms with E-state index in [9.17, 15) is 4.79 Å². The van der Waals surface area contributed by atoms with E-state index in [0.717, 1.165) is 33.2 Å². The van der Waals surface area contributed by atoms with Crippen LogP contribution >= 0.6 is 11.5 Å². The zero-order valence-corrected chi connectivity index (χ0v) is 17.3. The van der Waals surface area contributed by atoms with Gasteiger partial charge < -0.3 is 15.4 Å². The fourth-order valence-electron chi connectivity index (χ4n) is 3.13. The highest BCUT2D eigenvalue weighted by molar-refractivity contribution is 7.09. The van der Waals surface area contributed by atoms with Crippen molar-refractivity contribution < 1.29 is 9.53 Å². The first-order valence-corrected chi connectivity index (χ1v) is 10.3. The molecule has 2 heterocycles. The second-order valence-electron chi connectivity index (χ2n) is 6.76. The Balaban J connectivity index is 1.48. The van der Waals surface area contributed by atoms with Crippen molar-refractivity contribution >= 4 is 34.1 Å². The lowest BCUT2D eigenvalue weighted by atomic mass is 10.1. The van der Waals surface area contributed by atoms with Crippen molar-refractivity contribution in [1.82, 2.24) is 14.7 Å². The topological polar surface area (TPSA) is 79.4 Å². The Morgan fingerprint density at radius 1 is 1.24 bits per heavy atom. The average Bonchev–Trinajstić information content (AvgIpc) is 3.38. The molecule has 3 aromatic rings. The number of rotatable bonds is 7. The third kappa shape index (κ3) is 4.38. The Labute approximate surface area is 173 Å². The number of nitrogens with zero attached hydrogens (tertiary/aromatic N) is 3. The van der Waals surface area contributed by atoms with Crippen molar-refractivity contribution in [3.63, 3.8) is 0 Å². The second-order valence-corrected chi connectivity index (χ2v) is 7.52. The van der Waals surface area contributed by atoms with Crippen molar-refractivity contribution in [3.05, 3.63) is 53.6 Å². The first-order chi connectivity index (χ1) is 14.1. The highest BCUT2D eigenvalue weighted by Crippen LogP contribution is 2.28. The van der Waals surface area contributed by atoms with Gasteiger partial charge in [-0.05, 0) is 55.3 Å². The van der Waals surface area contributed by atoms with Crippen molar-refractivity contribution in [2.24, 2.45) is 0 Å². The lowest BCUT2D eigenvalue weighted by Gasteiger charge is -2.14. The number of carbonyl (C=O) groups excluding carboxylic acids is 1. The molecule has 4 rings (SSSR count). The maximum absolute atomic E-state index is 11.8. The van der Waals surface area contributed by atoms with Crippen LogP contribution in [0.15, 0.2) is 42.5 Å². The quantitative estimate of drug-likeness (QED) is 0.607. The summed E-state index contributed by atoms with van der Waals surface area (Å²) in [6.45, 7) is 6.69. The molecular formula is C21H23N5O2S. The summed E-state index contributed by atoms with van der Waals surface area (Å²) in [4.78, 5) is 18.1. The Bertz CT molecular complexity index is 1000. The van der Waals surface area contributed by atoms with E-state index in [1.807, 2.05) is 31.2 Å². The summed E-state index contributed by atoms with van der Waals surface area (Å²) in [7, 11) is 0. The van der Waals surface area contributed by atoms with E-state index in [0.29, 0.717) is 32.1 Å². The van der Waals surface area contributed by atoms with Crippen LogP contribution in [0.3, 0.4) is 0 Å². The fraction of sp³-hybridized carbons (Fsp3) is 0.286. The third-order valence-corrected chi connectivity index (χ3v) is 5.37. The van der Waals surface area contributed by atoms with E-state index in [2.05, 4.69) is 45.1 Å². The number of aromatic nitrogens is 2. The fourth-order valence-corrected chi connectivity index (χ4v) is 3.73. The molecule has 0 aliphatic carbocycles. The number of carbonyl (C=O) groups is 1. The number of ether oxygens (including phenoxy) is 1. The van der Waals surface area contributed by atoms with Crippen LogP contribution in [0.25, 0.3) is 11.4 Å². The molecule has 0 saturated carbocycles. The van der Waals surface area contributed by atoms with Crippen LogP contribution in [-0.4, -0.2) is 35.1 Å². The van der Waals surface area contributed by atoms with Gasteiger partial charge in [-0.25, -0.2) is 4.79 Å². The van der Waals surface area contributed by atoms with E-state index < -0.39 is 0 Å². The molecule has 2 aromatic carbocycles. The zero-order valence-electron chi connectivity index (χ0n) is 16.4. The lowest BCUT2D eigenvalue weighted by Crippen LogP contribution is -2.27. The molecule has 1 aromatic heterocycles. The van der Waals surface area contributed by atoms with E-state index in [-0.39, 0.29) is 6.03 Å². The van der Waals surface area contributed by atoms with Gasteiger partial charge in [-0.3, -0.25) is 4.90 Å². The smallest absolute Gasteiger partial charge is 0.321 e. The summed E-state index contributed by atoms with van der Waals surface area (Å²) in [6, 6.07) is 13.9. The van der Waals surface area contributed by atoms with Gasteiger partial charge in [0.2, 0.25) is 5.13 Å². The Morgan fingerprint density at radius 3 is 2.79 bits per heavy atom. The first kappa shape index (κ1) is 19.4. The van der Waals surface area contributed by atoms with Gasteiger partial charge in [0, 0.05) is 48.2 Å². The lowest BCUT2D eigenvalue weighted by molar-refractivity contribution is 0.134. The Kier molecular flexibility index (Phi) is 5.73. The van der Waals surface area contributed by atoms with Crippen LogP contribution in [0.1, 0.15) is 18.1 Å². The van der Waals surface area contributed by atoms with E-state index in [1.54, 1.807) is 4.90 Å². The second kappa shape index (κ2) is 8.59. The zero-order chi connectivity index (χ0) is 20.2. The molecule has 0 radical (unpaired) electrons. The van der Waals surface area contributed by atoms with Gasteiger partial charge in [0.1, 0.15) is 0 Å². The van der Waals surface area contributed by atoms with Gasteiger partial charge >= 0.3 is 6.03 Å². The molecule has 29 heavy (non-hydrogen) atoms. The number of hydrogen-bond acceptors (Lipinski definition) is 6. The van der Waals surface area contributed by atoms with Gasteiger partial charge in [-0.2, -0.15) is 9.36 Å². The molecule has 0 bridgehead atoms. The predicted molar refractivity (Wildman–Crippen MR) is 116 cm³/mol. The normalized spacial score (nSPS) is 13.6. The number of aryl methyl sites for hydroxylation is 1. The minimum atomic E-state index is -0.0574. The molecule has 0 spiro atoms. The van der Waals surface area contributed by atoms with Crippen molar-refractivity contribution in [1.29, 1.82) is 0 Å². The third-order valence-electron chi connectivity index (χ3n) is 4.74. The SMILES string of the molecule is CCOCc1ccc(C)c(Nc2nc(-c3ccc(N4CCNC4=O)cc3)ns2)c1. The molecule has 150 valence electrons. The molecule has 2 N–H and O–H groups in total. The summed E-state index contributed by atoms with van der Waals surface area (Å²) in [5.74, 6) is 0.665. The van der Waals surface area contributed by atoms with Crippen LogP contribution < -0.4 is 15.5 Å². The molecule has 1 aliphatic heterocycles. The van der Waals surface area contributed by atoms with Crippen molar-refractivity contribution in [2.75, 3.05) is 29.9 Å².